The van der Waals surface area contributed by atoms with Crippen LogP contribution >= 0.6 is 0 Å². The van der Waals surface area contributed by atoms with Crippen molar-refractivity contribution in [1.82, 2.24) is 0 Å². The van der Waals surface area contributed by atoms with E-state index >= 15 is 0 Å². The molecule has 1 nitrogen and oxygen atoms in total. The van der Waals surface area contributed by atoms with Crippen LogP contribution in [-0.2, 0) is 4.74 Å². The Morgan fingerprint density at radius 1 is 1.45 bits per heavy atom. The minimum atomic E-state index is 0.319. The SMILES string of the molecule is CC1(C)C=C2C=COC=C2C1. The largest absolute Gasteiger partial charge is 0.472 e. The maximum absolute atomic E-state index is 5.09. The molecule has 0 amide bonds. The zero-order valence-corrected chi connectivity index (χ0v) is 6.92. The van der Waals surface area contributed by atoms with Gasteiger partial charge in [-0.3, -0.25) is 0 Å². The second kappa shape index (κ2) is 2.00. The summed E-state index contributed by atoms with van der Waals surface area (Å²) in [5.74, 6) is 0. The molecule has 2 rings (SSSR count). The fourth-order valence-corrected chi connectivity index (χ4v) is 1.66. The molecule has 2 aliphatic rings. The maximum atomic E-state index is 5.09. The lowest BCUT2D eigenvalue weighted by molar-refractivity contribution is 0.388. The van der Waals surface area contributed by atoms with Gasteiger partial charge in [0, 0.05) is 0 Å². The average molecular weight is 148 g/mol. The molecule has 0 aromatic rings. The number of hydrogen-bond donors (Lipinski definition) is 0. The van der Waals surface area contributed by atoms with Gasteiger partial charge in [0.2, 0.25) is 0 Å². The van der Waals surface area contributed by atoms with E-state index in [4.69, 9.17) is 4.74 Å². The summed E-state index contributed by atoms with van der Waals surface area (Å²) in [7, 11) is 0. The molecule has 0 radical (unpaired) electrons. The highest BCUT2D eigenvalue weighted by Crippen LogP contribution is 2.40. The lowest BCUT2D eigenvalue weighted by atomic mass is 9.92. The van der Waals surface area contributed by atoms with Crippen LogP contribution in [0.3, 0.4) is 0 Å². The third-order valence-corrected chi connectivity index (χ3v) is 2.10. The summed E-state index contributed by atoms with van der Waals surface area (Å²) in [4.78, 5) is 0. The van der Waals surface area contributed by atoms with Crippen molar-refractivity contribution in [3.05, 3.63) is 35.8 Å². The van der Waals surface area contributed by atoms with E-state index in [0.717, 1.165) is 6.42 Å². The molecular weight excluding hydrogens is 136 g/mol. The molecule has 0 unspecified atom stereocenters. The van der Waals surface area contributed by atoms with Crippen LogP contribution in [0.4, 0.5) is 0 Å². The van der Waals surface area contributed by atoms with E-state index in [-0.39, 0.29) is 0 Å². The monoisotopic (exact) mass is 148 g/mol. The Morgan fingerprint density at radius 2 is 2.27 bits per heavy atom. The molecule has 1 aliphatic heterocycles. The summed E-state index contributed by atoms with van der Waals surface area (Å²) >= 11 is 0. The number of hydrogen-bond acceptors (Lipinski definition) is 1. The smallest absolute Gasteiger partial charge is 0.0939 e. The van der Waals surface area contributed by atoms with Crippen molar-refractivity contribution in [3.63, 3.8) is 0 Å². The van der Waals surface area contributed by atoms with Crippen molar-refractivity contribution >= 4 is 0 Å². The minimum absolute atomic E-state index is 0.319. The predicted molar refractivity (Wildman–Crippen MR) is 44.8 cm³/mol. The summed E-state index contributed by atoms with van der Waals surface area (Å²) in [6, 6.07) is 0. The molecule has 0 saturated heterocycles. The van der Waals surface area contributed by atoms with E-state index in [1.807, 2.05) is 12.3 Å². The molecule has 1 heterocycles. The third kappa shape index (κ3) is 1.11. The first-order valence-electron chi connectivity index (χ1n) is 3.92. The van der Waals surface area contributed by atoms with Crippen molar-refractivity contribution in [2.75, 3.05) is 0 Å². The summed E-state index contributed by atoms with van der Waals surface area (Å²) in [5, 5.41) is 0. The molecule has 11 heavy (non-hydrogen) atoms. The van der Waals surface area contributed by atoms with Crippen molar-refractivity contribution in [1.29, 1.82) is 0 Å². The number of ether oxygens (including phenoxy) is 1. The second-order valence-electron chi connectivity index (χ2n) is 3.85. The van der Waals surface area contributed by atoms with Gasteiger partial charge in [0.05, 0.1) is 12.5 Å². The molecule has 0 aromatic heterocycles. The quantitative estimate of drug-likeness (QED) is 0.513. The first kappa shape index (κ1) is 6.71. The van der Waals surface area contributed by atoms with Crippen molar-refractivity contribution < 1.29 is 4.74 Å². The van der Waals surface area contributed by atoms with Gasteiger partial charge in [0.1, 0.15) is 0 Å². The van der Waals surface area contributed by atoms with Crippen LogP contribution in [0.15, 0.2) is 35.8 Å². The van der Waals surface area contributed by atoms with Crippen LogP contribution < -0.4 is 0 Å². The minimum Gasteiger partial charge on any atom is -0.472 e. The standard InChI is InChI=1S/C10H12O/c1-10(2)5-8-3-4-11-7-9(8)6-10/h3-5,7H,6H2,1-2H3. The second-order valence-corrected chi connectivity index (χ2v) is 3.85. The summed E-state index contributed by atoms with van der Waals surface area (Å²) < 4.78 is 5.09. The van der Waals surface area contributed by atoms with Crippen molar-refractivity contribution in [3.8, 4) is 0 Å². The molecule has 0 aromatic carbocycles. The molecule has 0 fully saturated rings. The van der Waals surface area contributed by atoms with Crippen LogP contribution in [0.5, 0.6) is 0 Å². The molecule has 0 spiro atoms. The van der Waals surface area contributed by atoms with Gasteiger partial charge in [-0.25, -0.2) is 0 Å². The molecule has 0 saturated carbocycles. The lowest BCUT2D eigenvalue weighted by Gasteiger charge is -2.12. The summed E-state index contributed by atoms with van der Waals surface area (Å²) in [5.41, 5.74) is 2.98. The highest BCUT2D eigenvalue weighted by atomic mass is 16.5. The Kier molecular flexibility index (Phi) is 1.22. The number of allylic oxidation sites excluding steroid dienone is 4. The van der Waals surface area contributed by atoms with E-state index in [1.165, 1.54) is 11.1 Å². The molecule has 0 N–H and O–H groups in total. The summed E-state index contributed by atoms with van der Waals surface area (Å²) in [6.07, 6.45) is 9.02. The highest BCUT2D eigenvalue weighted by Gasteiger charge is 2.26. The predicted octanol–water partition coefficient (Wildman–Crippen LogP) is 2.77. The van der Waals surface area contributed by atoms with Gasteiger partial charge < -0.3 is 4.74 Å². The van der Waals surface area contributed by atoms with Gasteiger partial charge in [-0.2, -0.15) is 0 Å². The fraction of sp³-hybridized carbons (Fsp3) is 0.400. The van der Waals surface area contributed by atoms with E-state index in [0.29, 0.717) is 5.41 Å². The lowest BCUT2D eigenvalue weighted by Crippen LogP contribution is -2.01. The maximum Gasteiger partial charge on any atom is 0.0939 e. The zero-order chi connectivity index (χ0) is 7.90. The van der Waals surface area contributed by atoms with Gasteiger partial charge >= 0.3 is 0 Å². The first-order chi connectivity index (χ1) is 5.17. The molecule has 0 atom stereocenters. The van der Waals surface area contributed by atoms with E-state index in [1.54, 1.807) is 6.26 Å². The van der Waals surface area contributed by atoms with E-state index < -0.39 is 0 Å². The summed E-state index contributed by atoms with van der Waals surface area (Å²) in [6.45, 7) is 4.49. The van der Waals surface area contributed by atoms with Gasteiger partial charge in [0.25, 0.3) is 0 Å². The van der Waals surface area contributed by atoms with E-state index in [9.17, 15) is 0 Å². The van der Waals surface area contributed by atoms with Gasteiger partial charge in [-0.15, -0.1) is 0 Å². The molecule has 1 aliphatic carbocycles. The van der Waals surface area contributed by atoms with Gasteiger partial charge in [0.15, 0.2) is 0 Å². The number of fused-ring (bicyclic) bond motifs is 1. The van der Waals surface area contributed by atoms with Gasteiger partial charge in [-0.05, 0) is 29.1 Å². The third-order valence-electron chi connectivity index (χ3n) is 2.10. The average Bonchev–Trinajstić information content (AvgIpc) is 2.21. The van der Waals surface area contributed by atoms with Crippen LogP contribution in [0, 0.1) is 5.41 Å². The van der Waals surface area contributed by atoms with Gasteiger partial charge in [-0.1, -0.05) is 19.9 Å². The Labute approximate surface area is 67.1 Å². The highest BCUT2D eigenvalue weighted by molar-refractivity contribution is 5.46. The van der Waals surface area contributed by atoms with Crippen LogP contribution in [0.25, 0.3) is 0 Å². The van der Waals surface area contributed by atoms with Crippen molar-refractivity contribution in [2.24, 2.45) is 5.41 Å². The Morgan fingerprint density at radius 3 is 3.00 bits per heavy atom. The Balaban J connectivity index is 2.38. The van der Waals surface area contributed by atoms with E-state index in [2.05, 4.69) is 19.9 Å². The Hall–Kier alpha value is -0.980. The normalized spacial score (nSPS) is 25.3. The molecule has 58 valence electrons. The molecule has 1 heteroatoms. The topological polar surface area (TPSA) is 9.23 Å². The number of rotatable bonds is 0. The molecule has 0 bridgehead atoms. The van der Waals surface area contributed by atoms with Crippen LogP contribution in [-0.4, -0.2) is 0 Å². The Bertz CT molecular complexity index is 267. The zero-order valence-electron chi connectivity index (χ0n) is 6.92. The van der Waals surface area contributed by atoms with Crippen LogP contribution in [0.2, 0.25) is 0 Å². The van der Waals surface area contributed by atoms with Crippen LogP contribution in [0.1, 0.15) is 20.3 Å². The molecular formula is C10H12O. The first-order valence-corrected chi connectivity index (χ1v) is 3.92. The fourth-order valence-electron chi connectivity index (χ4n) is 1.66. The van der Waals surface area contributed by atoms with Crippen molar-refractivity contribution in [2.45, 2.75) is 20.3 Å².